The molecular formula is C15H30N4. The second-order valence-corrected chi connectivity index (χ2v) is 5.27. The van der Waals surface area contributed by atoms with Crippen LogP contribution in [0.1, 0.15) is 70.9 Å². The van der Waals surface area contributed by atoms with Gasteiger partial charge >= 0.3 is 0 Å². The number of nitrogens with zero attached hydrogens (tertiary/aromatic N) is 3. The third kappa shape index (κ3) is 7.98. The van der Waals surface area contributed by atoms with E-state index in [0.717, 1.165) is 31.7 Å². The minimum atomic E-state index is 0.838. The third-order valence-corrected chi connectivity index (χ3v) is 3.31. The summed E-state index contributed by atoms with van der Waals surface area (Å²) in [6, 6.07) is 0. The maximum atomic E-state index is 4.18. The molecule has 0 unspecified atom stereocenters. The molecule has 1 aromatic rings. The average Bonchev–Trinajstić information content (AvgIpc) is 2.86. The highest BCUT2D eigenvalue weighted by Gasteiger charge is 1.99. The summed E-state index contributed by atoms with van der Waals surface area (Å²) in [5, 5.41) is 11.7. The van der Waals surface area contributed by atoms with Gasteiger partial charge in [0, 0.05) is 19.3 Å². The lowest BCUT2D eigenvalue weighted by Gasteiger charge is -2.01. The first-order chi connectivity index (χ1) is 9.36. The Bertz CT molecular complexity index is 309. The second kappa shape index (κ2) is 11.0. The van der Waals surface area contributed by atoms with Crippen LogP contribution in [-0.4, -0.2) is 21.5 Å². The van der Waals surface area contributed by atoms with E-state index >= 15 is 0 Å². The lowest BCUT2D eigenvalue weighted by atomic mass is 10.1. The Balaban J connectivity index is 2.03. The minimum absolute atomic E-state index is 0.838. The van der Waals surface area contributed by atoms with Crippen LogP contribution in [0.15, 0.2) is 6.20 Å². The molecule has 0 fully saturated rings. The van der Waals surface area contributed by atoms with Gasteiger partial charge in [-0.05, 0) is 19.4 Å². The highest BCUT2D eigenvalue weighted by atomic mass is 15.4. The number of aryl methyl sites for hydroxylation is 1. The van der Waals surface area contributed by atoms with E-state index in [-0.39, 0.29) is 0 Å². The number of aromatic nitrogens is 3. The van der Waals surface area contributed by atoms with E-state index in [0.29, 0.717) is 0 Å². The Kier molecular flexibility index (Phi) is 9.33. The summed E-state index contributed by atoms with van der Waals surface area (Å²) in [7, 11) is 0. The van der Waals surface area contributed by atoms with Crippen molar-refractivity contribution in [3.8, 4) is 0 Å². The maximum Gasteiger partial charge on any atom is 0.0964 e. The van der Waals surface area contributed by atoms with Crippen LogP contribution in [0.4, 0.5) is 0 Å². The van der Waals surface area contributed by atoms with Crippen molar-refractivity contribution in [2.75, 3.05) is 6.54 Å². The summed E-state index contributed by atoms with van der Waals surface area (Å²) in [4.78, 5) is 0. The van der Waals surface area contributed by atoms with Gasteiger partial charge in [-0.2, -0.15) is 0 Å². The van der Waals surface area contributed by atoms with Gasteiger partial charge in [-0.3, -0.25) is 4.68 Å². The first kappa shape index (κ1) is 16.2. The number of unbranched alkanes of at least 4 members (excludes halogenated alkanes) is 6. The Labute approximate surface area is 118 Å². The zero-order chi connectivity index (χ0) is 13.8. The fourth-order valence-corrected chi connectivity index (χ4v) is 2.15. The van der Waals surface area contributed by atoms with Crippen LogP contribution in [0.2, 0.25) is 0 Å². The molecule has 0 aliphatic rings. The van der Waals surface area contributed by atoms with Crippen LogP contribution in [0.3, 0.4) is 0 Å². The fourth-order valence-electron chi connectivity index (χ4n) is 2.15. The Hall–Kier alpha value is -0.900. The molecule has 1 rings (SSSR count). The Morgan fingerprint density at radius 3 is 2.47 bits per heavy atom. The average molecular weight is 266 g/mol. The van der Waals surface area contributed by atoms with Gasteiger partial charge in [0.1, 0.15) is 0 Å². The van der Waals surface area contributed by atoms with E-state index in [4.69, 9.17) is 0 Å². The van der Waals surface area contributed by atoms with Crippen LogP contribution < -0.4 is 5.32 Å². The predicted octanol–water partition coefficient (Wildman–Crippen LogP) is 3.53. The van der Waals surface area contributed by atoms with E-state index in [9.17, 15) is 0 Å². The summed E-state index contributed by atoms with van der Waals surface area (Å²) in [6.45, 7) is 7.33. The fraction of sp³-hybridized carbons (Fsp3) is 0.867. The molecule has 1 aromatic heterocycles. The highest BCUT2D eigenvalue weighted by molar-refractivity contribution is 4.91. The normalized spacial score (nSPS) is 11.1. The Morgan fingerprint density at radius 2 is 1.74 bits per heavy atom. The molecule has 0 aliphatic heterocycles. The molecule has 0 aliphatic carbocycles. The molecule has 0 radical (unpaired) electrons. The predicted molar refractivity (Wildman–Crippen MR) is 80.0 cm³/mol. The smallest absolute Gasteiger partial charge is 0.0964 e. The van der Waals surface area contributed by atoms with Crippen molar-refractivity contribution in [3.63, 3.8) is 0 Å². The van der Waals surface area contributed by atoms with E-state index < -0.39 is 0 Å². The Morgan fingerprint density at radius 1 is 1.00 bits per heavy atom. The molecule has 1 heterocycles. The van der Waals surface area contributed by atoms with Gasteiger partial charge in [-0.15, -0.1) is 5.10 Å². The van der Waals surface area contributed by atoms with Crippen molar-refractivity contribution >= 4 is 0 Å². The lowest BCUT2D eigenvalue weighted by molar-refractivity contribution is 0.513. The molecule has 4 heteroatoms. The van der Waals surface area contributed by atoms with Gasteiger partial charge in [-0.1, -0.05) is 57.6 Å². The van der Waals surface area contributed by atoms with Crippen molar-refractivity contribution < 1.29 is 0 Å². The number of hydrogen-bond donors (Lipinski definition) is 1. The molecule has 0 saturated carbocycles. The second-order valence-electron chi connectivity index (χ2n) is 5.27. The molecule has 0 bridgehead atoms. The number of rotatable bonds is 12. The topological polar surface area (TPSA) is 42.7 Å². The van der Waals surface area contributed by atoms with Crippen molar-refractivity contribution in [1.29, 1.82) is 0 Å². The van der Waals surface area contributed by atoms with E-state index in [1.807, 2.05) is 4.68 Å². The van der Waals surface area contributed by atoms with Gasteiger partial charge < -0.3 is 5.32 Å². The van der Waals surface area contributed by atoms with Crippen LogP contribution in [-0.2, 0) is 13.1 Å². The van der Waals surface area contributed by atoms with Gasteiger partial charge in [-0.25, -0.2) is 0 Å². The molecule has 0 spiro atoms. The third-order valence-electron chi connectivity index (χ3n) is 3.31. The van der Waals surface area contributed by atoms with Crippen LogP contribution >= 0.6 is 0 Å². The molecule has 110 valence electrons. The molecule has 0 atom stereocenters. The van der Waals surface area contributed by atoms with E-state index in [2.05, 4.69) is 35.7 Å². The standard InChI is InChI=1S/C15H30N4/c1-3-5-6-7-8-9-10-12-19-14-15(17-18-19)13-16-11-4-2/h14,16H,3-13H2,1-2H3. The van der Waals surface area contributed by atoms with Crippen molar-refractivity contribution in [3.05, 3.63) is 11.9 Å². The molecular weight excluding hydrogens is 236 g/mol. The maximum absolute atomic E-state index is 4.18. The van der Waals surface area contributed by atoms with Crippen molar-refractivity contribution in [2.45, 2.75) is 78.3 Å². The van der Waals surface area contributed by atoms with Crippen LogP contribution in [0.25, 0.3) is 0 Å². The zero-order valence-electron chi connectivity index (χ0n) is 12.7. The first-order valence-electron chi connectivity index (χ1n) is 7.96. The van der Waals surface area contributed by atoms with Crippen molar-refractivity contribution in [2.24, 2.45) is 0 Å². The summed E-state index contributed by atoms with van der Waals surface area (Å²) < 4.78 is 1.98. The van der Waals surface area contributed by atoms with Crippen molar-refractivity contribution in [1.82, 2.24) is 20.3 Å². The van der Waals surface area contributed by atoms with Crippen LogP contribution in [0, 0.1) is 0 Å². The summed E-state index contributed by atoms with van der Waals surface area (Å²) >= 11 is 0. The van der Waals surface area contributed by atoms with E-state index in [1.54, 1.807) is 0 Å². The minimum Gasteiger partial charge on any atom is -0.311 e. The SMILES string of the molecule is CCCCCCCCCn1cc(CNCCC)nn1. The summed E-state index contributed by atoms with van der Waals surface area (Å²) in [6.07, 6.45) is 12.6. The van der Waals surface area contributed by atoms with Gasteiger partial charge in [0.15, 0.2) is 0 Å². The quantitative estimate of drug-likeness (QED) is 0.589. The number of nitrogens with one attached hydrogen (secondary N) is 1. The monoisotopic (exact) mass is 266 g/mol. The van der Waals surface area contributed by atoms with E-state index in [1.165, 1.54) is 44.9 Å². The largest absolute Gasteiger partial charge is 0.311 e. The number of hydrogen-bond acceptors (Lipinski definition) is 3. The molecule has 1 N–H and O–H groups in total. The highest BCUT2D eigenvalue weighted by Crippen LogP contribution is 2.07. The molecule has 0 aromatic carbocycles. The summed E-state index contributed by atoms with van der Waals surface area (Å²) in [5.41, 5.74) is 1.05. The first-order valence-corrected chi connectivity index (χ1v) is 7.96. The van der Waals surface area contributed by atoms with Crippen LogP contribution in [0.5, 0.6) is 0 Å². The van der Waals surface area contributed by atoms with Gasteiger partial charge in [0.2, 0.25) is 0 Å². The molecule has 4 nitrogen and oxygen atoms in total. The van der Waals surface area contributed by atoms with Gasteiger partial charge in [0.25, 0.3) is 0 Å². The van der Waals surface area contributed by atoms with Gasteiger partial charge in [0.05, 0.1) is 5.69 Å². The summed E-state index contributed by atoms with van der Waals surface area (Å²) in [5.74, 6) is 0. The molecule has 0 saturated heterocycles. The lowest BCUT2D eigenvalue weighted by Crippen LogP contribution is -2.13. The zero-order valence-corrected chi connectivity index (χ0v) is 12.7. The molecule has 0 amide bonds. The molecule has 19 heavy (non-hydrogen) atoms.